The Kier molecular flexibility index (Phi) is 7.69. The summed E-state index contributed by atoms with van der Waals surface area (Å²) >= 11 is 0. The molecule has 0 saturated carbocycles. The van der Waals surface area contributed by atoms with Crippen LogP contribution in [0.5, 0.6) is 23.0 Å². The van der Waals surface area contributed by atoms with E-state index in [1.54, 1.807) is 30.3 Å². The molecule has 0 spiro atoms. The molecule has 1 saturated heterocycles. The van der Waals surface area contributed by atoms with Gasteiger partial charge in [-0.3, -0.25) is 9.59 Å². The normalized spacial score (nSPS) is 18.7. The maximum absolute atomic E-state index is 13.3. The zero-order chi connectivity index (χ0) is 25.8. The van der Waals surface area contributed by atoms with Crippen LogP contribution < -0.4 is 14.2 Å². The van der Waals surface area contributed by atoms with Crippen LogP contribution >= 0.6 is 0 Å². The van der Waals surface area contributed by atoms with Gasteiger partial charge in [0.05, 0.1) is 18.7 Å². The first-order chi connectivity index (χ1) is 17.4. The fourth-order valence-electron chi connectivity index (χ4n) is 4.67. The minimum atomic E-state index is -0.843. The number of carbonyl (C=O) groups excluding carboxylic acids is 2. The molecule has 0 aromatic heterocycles. The van der Waals surface area contributed by atoms with E-state index < -0.39 is 17.7 Å². The molecule has 0 aliphatic carbocycles. The minimum absolute atomic E-state index is 0.0211. The predicted molar refractivity (Wildman–Crippen MR) is 134 cm³/mol. The van der Waals surface area contributed by atoms with Crippen molar-refractivity contribution in [3.05, 3.63) is 53.1 Å². The topological polar surface area (TPSA) is 109 Å². The molecule has 1 fully saturated rings. The number of phenolic OH excluding ortho intramolecular Hbond substituents is 1. The number of aliphatic hydroxyl groups excluding tert-OH is 1. The molecule has 0 unspecified atom stereocenters. The van der Waals surface area contributed by atoms with E-state index in [4.69, 9.17) is 14.2 Å². The van der Waals surface area contributed by atoms with E-state index in [-0.39, 0.29) is 22.8 Å². The Morgan fingerprint density at radius 2 is 1.81 bits per heavy atom. The van der Waals surface area contributed by atoms with Crippen molar-refractivity contribution in [3.63, 3.8) is 0 Å². The van der Waals surface area contributed by atoms with Crippen molar-refractivity contribution >= 4 is 17.4 Å². The lowest BCUT2D eigenvalue weighted by Gasteiger charge is -2.27. The summed E-state index contributed by atoms with van der Waals surface area (Å²) in [5, 5.41) is 21.4. The largest absolute Gasteiger partial charge is 0.507 e. The number of nitrogens with zero attached hydrogens (tertiary/aromatic N) is 2. The number of rotatable bonds is 9. The van der Waals surface area contributed by atoms with Crippen molar-refractivity contribution in [1.29, 1.82) is 0 Å². The monoisotopic (exact) mass is 496 g/mol. The maximum Gasteiger partial charge on any atom is 0.295 e. The molecular formula is C27H32N2O7. The molecule has 0 bridgehead atoms. The first-order valence-corrected chi connectivity index (χ1v) is 12.2. The van der Waals surface area contributed by atoms with Gasteiger partial charge < -0.3 is 34.2 Å². The number of hydrogen-bond donors (Lipinski definition) is 2. The van der Waals surface area contributed by atoms with E-state index in [0.29, 0.717) is 48.8 Å². The fraction of sp³-hybridized carbons (Fsp3) is 0.407. The number of phenols is 1. The summed E-state index contributed by atoms with van der Waals surface area (Å²) in [4.78, 5) is 30.2. The molecule has 192 valence electrons. The van der Waals surface area contributed by atoms with Gasteiger partial charge in [0.15, 0.2) is 23.0 Å². The molecule has 4 rings (SSSR count). The van der Waals surface area contributed by atoms with E-state index in [1.165, 1.54) is 18.1 Å². The third kappa shape index (κ3) is 4.83. The lowest BCUT2D eigenvalue weighted by Crippen LogP contribution is -2.33. The average molecular weight is 497 g/mol. The number of methoxy groups -OCH3 is 1. The fourth-order valence-corrected chi connectivity index (χ4v) is 4.67. The van der Waals surface area contributed by atoms with E-state index >= 15 is 0 Å². The second-order valence-corrected chi connectivity index (χ2v) is 8.66. The lowest BCUT2D eigenvalue weighted by molar-refractivity contribution is -0.140. The summed E-state index contributed by atoms with van der Waals surface area (Å²) in [6, 6.07) is 8.72. The van der Waals surface area contributed by atoms with E-state index in [1.807, 2.05) is 0 Å². The molecule has 0 radical (unpaired) electrons. The van der Waals surface area contributed by atoms with Crippen molar-refractivity contribution in [1.82, 2.24) is 9.80 Å². The smallest absolute Gasteiger partial charge is 0.295 e. The number of hydrogen-bond acceptors (Lipinski definition) is 8. The number of aromatic hydroxyl groups is 1. The average Bonchev–Trinajstić information content (AvgIpc) is 3.15. The Bertz CT molecular complexity index is 1170. The number of fused-ring (bicyclic) bond motifs is 1. The maximum atomic E-state index is 13.3. The number of amides is 1. The molecule has 2 aliphatic rings. The van der Waals surface area contributed by atoms with Crippen LogP contribution in [-0.2, 0) is 9.59 Å². The van der Waals surface area contributed by atoms with Gasteiger partial charge in [-0.1, -0.05) is 19.9 Å². The Balaban J connectivity index is 1.77. The second-order valence-electron chi connectivity index (χ2n) is 8.66. The van der Waals surface area contributed by atoms with Crippen LogP contribution in [0.15, 0.2) is 42.0 Å². The summed E-state index contributed by atoms with van der Waals surface area (Å²) < 4.78 is 16.4. The van der Waals surface area contributed by atoms with Crippen molar-refractivity contribution < 1.29 is 34.0 Å². The van der Waals surface area contributed by atoms with Crippen LogP contribution in [-0.4, -0.2) is 78.2 Å². The number of Topliss-reactive ketones (excluding diaryl/α,β-unsaturated/α-hetero) is 1. The van der Waals surface area contributed by atoms with Crippen molar-refractivity contribution in [3.8, 4) is 23.0 Å². The van der Waals surface area contributed by atoms with Crippen LogP contribution in [0.4, 0.5) is 0 Å². The van der Waals surface area contributed by atoms with E-state index in [2.05, 4.69) is 18.7 Å². The van der Waals surface area contributed by atoms with Crippen molar-refractivity contribution in [2.75, 3.05) is 46.5 Å². The Hall–Kier alpha value is -3.72. The molecule has 2 N–H and O–H groups in total. The zero-order valence-electron chi connectivity index (χ0n) is 20.8. The summed E-state index contributed by atoms with van der Waals surface area (Å²) in [6.07, 6.45) is 0.657. The zero-order valence-corrected chi connectivity index (χ0v) is 20.8. The number of carbonyl (C=O) groups is 2. The Labute approximate surface area is 210 Å². The summed E-state index contributed by atoms with van der Waals surface area (Å²) in [7, 11) is 1.43. The van der Waals surface area contributed by atoms with Gasteiger partial charge in [0, 0.05) is 12.1 Å². The first-order valence-electron chi connectivity index (χ1n) is 12.2. The molecule has 2 aromatic carbocycles. The number of likely N-dealkylation sites (tertiary alicyclic amines) is 1. The predicted octanol–water partition coefficient (Wildman–Crippen LogP) is 3.33. The lowest BCUT2D eigenvalue weighted by atomic mass is 9.94. The number of ketones is 1. The van der Waals surface area contributed by atoms with Gasteiger partial charge >= 0.3 is 0 Å². The van der Waals surface area contributed by atoms with Crippen LogP contribution in [0.2, 0.25) is 0 Å². The Morgan fingerprint density at radius 3 is 2.50 bits per heavy atom. The molecule has 2 aliphatic heterocycles. The molecule has 36 heavy (non-hydrogen) atoms. The summed E-state index contributed by atoms with van der Waals surface area (Å²) in [5.41, 5.74) is 0.870. The second kappa shape index (κ2) is 10.9. The number of ether oxygens (including phenoxy) is 3. The number of aliphatic hydroxyl groups is 1. The standard InChI is InChI=1S/C27H32N2O7/c1-4-28(5-2)11-6-12-29-24(17-7-9-19(30)21(15-17)34-3)23(26(32)27(29)33)25(31)18-8-10-20-22(16-18)36-14-13-35-20/h7-10,15-16,24,30-31H,4-6,11-14H2,1-3H3/t24-/m0/s1. The third-order valence-electron chi connectivity index (χ3n) is 6.64. The van der Waals surface area contributed by atoms with E-state index in [9.17, 15) is 19.8 Å². The minimum Gasteiger partial charge on any atom is -0.507 e. The SMILES string of the molecule is CCN(CC)CCCN1C(=O)C(=O)C(=C(O)c2ccc3c(c2)OCCO3)[C@@H]1c1ccc(O)c(OC)c1. The van der Waals surface area contributed by atoms with Gasteiger partial charge in [-0.2, -0.15) is 0 Å². The number of benzene rings is 2. The van der Waals surface area contributed by atoms with Crippen LogP contribution in [0.3, 0.4) is 0 Å². The highest BCUT2D eigenvalue weighted by molar-refractivity contribution is 6.46. The molecule has 1 atom stereocenters. The van der Waals surface area contributed by atoms with Gasteiger partial charge in [-0.15, -0.1) is 0 Å². The molecule has 9 nitrogen and oxygen atoms in total. The molecule has 2 aromatic rings. The van der Waals surface area contributed by atoms with Gasteiger partial charge in [0.2, 0.25) is 0 Å². The third-order valence-corrected chi connectivity index (χ3v) is 6.64. The van der Waals surface area contributed by atoms with Crippen LogP contribution in [0.1, 0.15) is 37.4 Å². The van der Waals surface area contributed by atoms with Crippen molar-refractivity contribution in [2.45, 2.75) is 26.3 Å². The molecule has 1 amide bonds. The quantitative estimate of drug-likeness (QED) is 0.309. The first kappa shape index (κ1) is 25.4. The van der Waals surface area contributed by atoms with Crippen LogP contribution in [0, 0.1) is 0 Å². The van der Waals surface area contributed by atoms with Crippen molar-refractivity contribution in [2.24, 2.45) is 0 Å². The summed E-state index contributed by atoms with van der Waals surface area (Å²) in [6.45, 7) is 7.82. The van der Waals surface area contributed by atoms with Gasteiger partial charge in [0.25, 0.3) is 11.7 Å². The highest BCUT2D eigenvalue weighted by Gasteiger charge is 2.46. The van der Waals surface area contributed by atoms with Gasteiger partial charge in [0.1, 0.15) is 19.0 Å². The highest BCUT2D eigenvalue weighted by atomic mass is 16.6. The van der Waals surface area contributed by atoms with Gasteiger partial charge in [-0.25, -0.2) is 0 Å². The summed E-state index contributed by atoms with van der Waals surface area (Å²) in [5.74, 6) is -0.579. The van der Waals surface area contributed by atoms with Gasteiger partial charge in [-0.05, 0) is 62.0 Å². The Morgan fingerprint density at radius 1 is 1.08 bits per heavy atom. The highest BCUT2D eigenvalue weighted by Crippen LogP contribution is 2.43. The van der Waals surface area contributed by atoms with E-state index in [0.717, 1.165) is 19.6 Å². The van der Waals surface area contributed by atoms with Crippen LogP contribution in [0.25, 0.3) is 5.76 Å². The molecular weight excluding hydrogens is 464 g/mol. The molecule has 2 heterocycles. The molecule has 9 heteroatoms.